The highest BCUT2D eigenvalue weighted by atomic mass is 79.9. The molecular formula is C12H12BrN3. The highest BCUT2D eigenvalue weighted by Gasteiger charge is 2.20. The van der Waals surface area contributed by atoms with Crippen LogP contribution in [0.5, 0.6) is 0 Å². The molecule has 1 aromatic carbocycles. The predicted octanol–water partition coefficient (Wildman–Crippen LogP) is 2.93. The maximum absolute atomic E-state index is 5.43. The summed E-state index contributed by atoms with van der Waals surface area (Å²) in [6.45, 7) is 0. The van der Waals surface area contributed by atoms with Crippen LogP contribution in [0.4, 0.5) is 0 Å². The Morgan fingerprint density at radius 1 is 1.31 bits per heavy atom. The Morgan fingerprint density at radius 2 is 2.19 bits per heavy atom. The molecule has 82 valence electrons. The molecule has 0 radical (unpaired) electrons. The highest BCUT2D eigenvalue weighted by Crippen LogP contribution is 2.30. The van der Waals surface area contributed by atoms with Crippen LogP contribution in [0.15, 0.2) is 27.8 Å². The molecule has 3 N–H and O–H groups in total. The average Bonchev–Trinajstić information content (AvgIpc) is 2.67. The maximum Gasteiger partial charge on any atom is 0.0837 e. The fourth-order valence-corrected chi connectivity index (χ4v) is 2.77. The number of aryl methyl sites for hydroxylation is 1. The van der Waals surface area contributed by atoms with Gasteiger partial charge in [-0.1, -0.05) is 15.9 Å². The largest absolute Gasteiger partial charge is 0.353 e. The quantitative estimate of drug-likeness (QED) is 0.565. The first-order chi connectivity index (χ1) is 7.79. The number of nitrogens with zero attached hydrogens (tertiary/aromatic N) is 1. The van der Waals surface area contributed by atoms with Gasteiger partial charge in [0.2, 0.25) is 0 Å². The molecule has 0 unspecified atom stereocenters. The van der Waals surface area contributed by atoms with Crippen molar-refractivity contribution in [2.45, 2.75) is 19.3 Å². The number of fused-ring (bicyclic) bond motifs is 3. The van der Waals surface area contributed by atoms with Gasteiger partial charge in [0.15, 0.2) is 0 Å². The lowest BCUT2D eigenvalue weighted by atomic mass is 9.94. The molecule has 0 bridgehead atoms. The lowest BCUT2D eigenvalue weighted by Gasteiger charge is -2.12. The van der Waals surface area contributed by atoms with Crippen LogP contribution in [-0.4, -0.2) is 10.7 Å². The second-order valence-corrected chi connectivity index (χ2v) is 5.01. The molecule has 1 aliphatic rings. The first kappa shape index (κ1) is 9.90. The van der Waals surface area contributed by atoms with Crippen molar-refractivity contribution in [3.8, 4) is 0 Å². The summed E-state index contributed by atoms with van der Waals surface area (Å²) in [4.78, 5) is 3.41. The van der Waals surface area contributed by atoms with Gasteiger partial charge in [-0.3, -0.25) is 0 Å². The Hall–Kier alpha value is -1.29. The molecule has 16 heavy (non-hydrogen) atoms. The minimum atomic E-state index is 0.970. The van der Waals surface area contributed by atoms with E-state index < -0.39 is 0 Å². The molecule has 1 aromatic heterocycles. The number of aromatic nitrogens is 1. The molecule has 0 fully saturated rings. The SMILES string of the molecule is NN=C1CCCc2c1[nH]c1ccc(Br)cc21. The summed E-state index contributed by atoms with van der Waals surface area (Å²) in [5.41, 5.74) is 4.64. The second-order valence-electron chi connectivity index (χ2n) is 4.10. The van der Waals surface area contributed by atoms with Crippen LogP contribution in [0, 0.1) is 0 Å². The van der Waals surface area contributed by atoms with E-state index >= 15 is 0 Å². The van der Waals surface area contributed by atoms with Crippen molar-refractivity contribution in [2.24, 2.45) is 10.9 Å². The van der Waals surface area contributed by atoms with E-state index in [1.807, 2.05) is 6.07 Å². The van der Waals surface area contributed by atoms with Crippen LogP contribution in [-0.2, 0) is 6.42 Å². The van der Waals surface area contributed by atoms with E-state index in [1.54, 1.807) is 0 Å². The Morgan fingerprint density at radius 3 is 3.00 bits per heavy atom. The monoisotopic (exact) mass is 277 g/mol. The Bertz CT molecular complexity index is 583. The van der Waals surface area contributed by atoms with Crippen LogP contribution in [0.3, 0.4) is 0 Å². The Balaban J connectivity index is 2.33. The Labute approximate surface area is 102 Å². The molecule has 2 aromatic rings. The molecule has 3 nitrogen and oxygen atoms in total. The van der Waals surface area contributed by atoms with Gasteiger partial charge in [-0.15, -0.1) is 0 Å². The lowest BCUT2D eigenvalue weighted by Crippen LogP contribution is -2.12. The normalized spacial score (nSPS) is 17.9. The molecule has 0 spiro atoms. The molecule has 0 aliphatic heterocycles. The summed E-state index contributed by atoms with van der Waals surface area (Å²) >= 11 is 3.51. The van der Waals surface area contributed by atoms with E-state index in [0.717, 1.165) is 40.7 Å². The summed E-state index contributed by atoms with van der Waals surface area (Å²) in [6.07, 6.45) is 3.20. The predicted molar refractivity (Wildman–Crippen MR) is 69.7 cm³/mol. The minimum Gasteiger partial charge on any atom is -0.353 e. The summed E-state index contributed by atoms with van der Waals surface area (Å²) in [5.74, 6) is 5.43. The Kier molecular flexibility index (Phi) is 2.24. The smallest absolute Gasteiger partial charge is 0.0837 e. The van der Waals surface area contributed by atoms with E-state index in [-0.39, 0.29) is 0 Å². The van der Waals surface area contributed by atoms with Crippen LogP contribution in [0.25, 0.3) is 10.9 Å². The van der Waals surface area contributed by atoms with Gasteiger partial charge in [-0.05, 0) is 43.0 Å². The van der Waals surface area contributed by atoms with Crippen molar-refractivity contribution in [1.82, 2.24) is 4.98 Å². The topological polar surface area (TPSA) is 54.2 Å². The second kappa shape index (κ2) is 3.63. The molecule has 0 atom stereocenters. The number of nitrogens with one attached hydrogen (secondary N) is 1. The summed E-state index contributed by atoms with van der Waals surface area (Å²) in [5, 5.41) is 5.16. The number of nitrogens with two attached hydrogens (primary N) is 1. The van der Waals surface area contributed by atoms with Gasteiger partial charge < -0.3 is 10.8 Å². The fourth-order valence-electron chi connectivity index (χ4n) is 2.41. The number of aromatic amines is 1. The summed E-state index contributed by atoms with van der Waals surface area (Å²) in [6, 6.07) is 6.29. The zero-order valence-corrected chi connectivity index (χ0v) is 10.3. The van der Waals surface area contributed by atoms with Gasteiger partial charge in [0, 0.05) is 15.4 Å². The summed E-state index contributed by atoms with van der Waals surface area (Å²) < 4.78 is 1.11. The molecule has 1 heterocycles. The van der Waals surface area contributed by atoms with Crippen LogP contribution < -0.4 is 5.84 Å². The average molecular weight is 278 g/mol. The number of rotatable bonds is 0. The molecule has 3 rings (SSSR count). The van der Waals surface area contributed by atoms with Gasteiger partial charge in [0.05, 0.1) is 11.4 Å². The zero-order chi connectivity index (χ0) is 11.1. The fraction of sp³-hybridized carbons (Fsp3) is 0.250. The standard InChI is InChI=1S/C12H12BrN3/c13-7-4-5-10-9(6-7)8-2-1-3-11(16-14)12(8)15-10/h4-6,15H,1-3,14H2. The van der Waals surface area contributed by atoms with E-state index in [4.69, 9.17) is 5.84 Å². The highest BCUT2D eigenvalue weighted by molar-refractivity contribution is 9.10. The zero-order valence-electron chi connectivity index (χ0n) is 8.76. The molecule has 0 saturated carbocycles. The van der Waals surface area contributed by atoms with Crippen molar-refractivity contribution in [2.75, 3.05) is 0 Å². The number of hydrogen-bond donors (Lipinski definition) is 2. The maximum atomic E-state index is 5.43. The van der Waals surface area contributed by atoms with Crippen molar-refractivity contribution in [3.63, 3.8) is 0 Å². The van der Waals surface area contributed by atoms with Gasteiger partial charge in [0.1, 0.15) is 0 Å². The number of benzene rings is 1. The first-order valence-electron chi connectivity index (χ1n) is 5.37. The van der Waals surface area contributed by atoms with E-state index in [2.05, 4.69) is 38.1 Å². The van der Waals surface area contributed by atoms with Crippen molar-refractivity contribution in [1.29, 1.82) is 0 Å². The van der Waals surface area contributed by atoms with E-state index in [0.29, 0.717) is 0 Å². The number of H-pyrrole nitrogens is 1. The number of hydrazone groups is 1. The summed E-state index contributed by atoms with van der Waals surface area (Å²) in [7, 11) is 0. The van der Waals surface area contributed by atoms with E-state index in [9.17, 15) is 0 Å². The molecule has 4 heteroatoms. The molecule has 0 amide bonds. The van der Waals surface area contributed by atoms with Crippen molar-refractivity contribution < 1.29 is 0 Å². The van der Waals surface area contributed by atoms with Gasteiger partial charge >= 0.3 is 0 Å². The van der Waals surface area contributed by atoms with Gasteiger partial charge in [-0.2, -0.15) is 5.10 Å². The minimum absolute atomic E-state index is 0.970. The third kappa shape index (κ3) is 1.37. The van der Waals surface area contributed by atoms with Gasteiger partial charge in [-0.25, -0.2) is 0 Å². The molecule has 1 aliphatic carbocycles. The van der Waals surface area contributed by atoms with Crippen LogP contribution >= 0.6 is 15.9 Å². The van der Waals surface area contributed by atoms with E-state index in [1.165, 1.54) is 10.9 Å². The third-order valence-corrected chi connectivity index (χ3v) is 3.65. The first-order valence-corrected chi connectivity index (χ1v) is 6.16. The number of halogens is 1. The van der Waals surface area contributed by atoms with Crippen molar-refractivity contribution in [3.05, 3.63) is 33.9 Å². The molecular weight excluding hydrogens is 266 g/mol. The van der Waals surface area contributed by atoms with Crippen LogP contribution in [0.1, 0.15) is 24.1 Å². The van der Waals surface area contributed by atoms with Gasteiger partial charge in [0.25, 0.3) is 0 Å². The molecule has 0 saturated heterocycles. The van der Waals surface area contributed by atoms with Crippen molar-refractivity contribution >= 4 is 32.5 Å². The number of hydrogen-bond acceptors (Lipinski definition) is 2. The van der Waals surface area contributed by atoms with Crippen LogP contribution in [0.2, 0.25) is 0 Å². The third-order valence-electron chi connectivity index (χ3n) is 3.15. The lowest BCUT2D eigenvalue weighted by molar-refractivity contribution is 0.837.